The smallest absolute Gasteiger partial charge is 0.0802 e. The van der Waals surface area contributed by atoms with Crippen molar-refractivity contribution < 1.29 is 0 Å². The number of aromatic nitrogens is 1. The highest BCUT2D eigenvalue weighted by atomic mass is 35.5. The largest absolute Gasteiger partial charge is 0.325 e. The molecule has 0 saturated carbocycles. The van der Waals surface area contributed by atoms with Gasteiger partial charge in [0.1, 0.15) is 0 Å². The standard InChI is InChI=1S/C10H9ClN2S/c11-8-3-1-2-7(4-8)10-9(5-12)13-6-14-10/h1-4,6H,5,12H2. The predicted octanol–water partition coefficient (Wildman–Crippen LogP) is 2.92. The Kier molecular flexibility index (Phi) is 2.82. The van der Waals surface area contributed by atoms with Crippen molar-refractivity contribution in [3.63, 3.8) is 0 Å². The van der Waals surface area contributed by atoms with E-state index in [0.29, 0.717) is 6.54 Å². The number of hydrogen-bond acceptors (Lipinski definition) is 3. The average molecular weight is 225 g/mol. The number of nitrogens with two attached hydrogens (primary N) is 1. The van der Waals surface area contributed by atoms with Gasteiger partial charge in [-0.2, -0.15) is 0 Å². The van der Waals surface area contributed by atoms with E-state index in [2.05, 4.69) is 4.98 Å². The third-order valence-corrected chi connectivity index (χ3v) is 3.07. The molecule has 72 valence electrons. The second kappa shape index (κ2) is 4.09. The molecule has 0 fully saturated rings. The first-order valence-corrected chi connectivity index (χ1v) is 5.45. The van der Waals surface area contributed by atoms with Gasteiger partial charge in [-0.25, -0.2) is 4.98 Å². The highest BCUT2D eigenvalue weighted by molar-refractivity contribution is 7.13. The van der Waals surface area contributed by atoms with Crippen molar-refractivity contribution in [1.29, 1.82) is 0 Å². The predicted molar refractivity (Wildman–Crippen MR) is 60.5 cm³/mol. The van der Waals surface area contributed by atoms with Crippen LogP contribution in [0.4, 0.5) is 0 Å². The van der Waals surface area contributed by atoms with Crippen LogP contribution >= 0.6 is 22.9 Å². The molecule has 0 atom stereocenters. The number of hydrogen-bond donors (Lipinski definition) is 1. The normalized spacial score (nSPS) is 10.4. The van der Waals surface area contributed by atoms with Crippen LogP contribution in [0.1, 0.15) is 5.69 Å². The third-order valence-electron chi connectivity index (χ3n) is 1.92. The Morgan fingerprint density at radius 2 is 2.29 bits per heavy atom. The highest BCUT2D eigenvalue weighted by Gasteiger charge is 2.06. The Bertz CT molecular complexity index is 439. The quantitative estimate of drug-likeness (QED) is 0.852. The van der Waals surface area contributed by atoms with Gasteiger partial charge in [-0.1, -0.05) is 23.7 Å². The van der Waals surface area contributed by atoms with Gasteiger partial charge >= 0.3 is 0 Å². The van der Waals surface area contributed by atoms with Crippen molar-refractivity contribution in [2.45, 2.75) is 6.54 Å². The maximum absolute atomic E-state index is 5.91. The lowest BCUT2D eigenvalue weighted by atomic mass is 10.1. The van der Waals surface area contributed by atoms with Gasteiger partial charge in [0.2, 0.25) is 0 Å². The summed E-state index contributed by atoms with van der Waals surface area (Å²) >= 11 is 7.50. The molecule has 0 aliphatic carbocycles. The number of thiazole rings is 1. The minimum absolute atomic E-state index is 0.464. The molecule has 0 amide bonds. The van der Waals surface area contributed by atoms with Gasteiger partial charge in [-0.15, -0.1) is 11.3 Å². The molecular weight excluding hydrogens is 216 g/mol. The number of nitrogens with zero attached hydrogens (tertiary/aromatic N) is 1. The van der Waals surface area contributed by atoms with E-state index in [1.165, 1.54) is 0 Å². The van der Waals surface area contributed by atoms with E-state index in [1.807, 2.05) is 24.3 Å². The lowest BCUT2D eigenvalue weighted by molar-refractivity contribution is 1.01. The van der Waals surface area contributed by atoms with Crippen LogP contribution in [0.25, 0.3) is 10.4 Å². The summed E-state index contributed by atoms with van der Waals surface area (Å²) in [5.41, 5.74) is 9.40. The fourth-order valence-electron chi connectivity index (χ4n) is 1.28. The molecule has 4 heteroatoms. The molecule has 1 aromatic heterocycles. The van der Waals surface area contributed by atoms with E-state index in [-0.39, 0.29) is 0 Å². The Morgan fingerprint density at radius 3 is 3.00 bits per heavy atom. The van der Waals surface area contributed by atoms with Crippen molar-refractivity contribution >= 4 is 22.9 Å². The molecule has 0 aliphatic heterocycles. The lowest BCUT2D eigenvalue weighted by Gasteiger charge is -2.00. The van der Waals surface area contributed by atoms with Crippen LogP contribution < -0.4 is 5.73 Å². The number of rotatable bonds is 2. The number of benzene rings is 1. The Hall–Kier alpha value is -0.900. The van der Waals surface area contributed by atoms with Crippen molar-refractivity contribution in [2.75, 3.05) is 0 Å². The van der Waals surface area contributed by atoms with E-state index in [4.69, 9.17) is 17.3 Å². The van der Waals surface area contributed by atoms with Gasteiger partial charge in [0.05, 0.1) is 16.1 Å². The first-order valence-electron chi connectivity index (χ1n) is 4.19. The third kappa shape index (κ3) is 1.80. The van der Waals surface area contributed by atoms with Crippen LogP contribution in [-0.2, 0) is 6.54 Å². The fraction of sp³-hybridized carbons (Fsp3) is 0.100. The zero-order valence-electron chi connectivity index (χ0n) is 7.40. The zero-order valence-corrected chi connectivity index (χ0v) is 8.98. The SMILES string of the molecule is NCc1ncsc1-c1cccc(Cl)c1. The Balaban J connectivity index is 2.49. The van der Waals surface area contributed by atoms with Gasteiger partial charge in [-0.3, -0.25) is 0 Å². The van der Waals surface area contributed by atoms with E-state index < -0.39 is 0 Å². The summed E-state index contributed by atoms with van der Waals surface area (Å²) in [6, 6.07) is 7.72. The second-order valence-electron chi connectivity index (χ2n) is 2.84. The molecule has 14 heavy (non-hydrogen) atoms. The van der Waals surface area contributed by atoms with Crippen molar-refractivity contribution in [2.24, 2.45) is 5.73 Å². The maximum atomic E-state index is 5.91. The Morgan fingerprint density at radius 1 is 1.43 bits per heavy atom. The van der Waals surface area contributed by atoms with Crippen LogP contribution in [0.3, 0.4) is 0 Å². The van der Waals surface area contributed by atoms with E-state index in [1.54, 1.807) is 16.8 Å². The van der Waals surface area contributed by atoms with Gasteiger partial charge in [0, 0.05) is 11.6 Å². The zero-order chi connectivity index (χ0) is 9.97. The van der Waals surface area contributed by atoms with Crippen LogP contribution in [0.5, 0.6) is 0 Å². The fourth-order valence-corrected chi connectivity index (χ4v) is 2.29. The summed E-state index contributed by atoms with van der Waals surface area (Å²) < 4.78 is 0. The van der Waals surface area contributed by atoms with Crippen LogP contribution in [0, 0.1) is 0 Å². The molecule has 0 spiro atoms. The molecule has 1 heterocycles. The average Bonchev–Trinajstić information content (AvgIpc) is 2.65. The first-order chi connectivity index (χ1) is 6.81. The van der Waals surface area contributed by atoms with Crippen molar-refractivity contribution in [1.82, 2.24) is 4.98 Å². The molecule has 0 radical (unpaired) electrons. The summed E-state index contributed by atoms with van der Waals surface area (Å²) in [7, 11) is 0. The van der Waals surface area contributed by atoms with E-state index in [9.17, 15) is 0 Å². The molecule has 2 rings (SSSR count). The second-order valence-corrected chi connectivity index (χ2v) is 4.13. The molecule has 0 unspecified atom stereocenters. The molecule has 2 aromatic rings. The van der Waals surface area contributed by atoms with Gasteiger partial charge in [0.25, 0.3) is 0 Å². The van der Waals surface area contributed by atoms with Crippen LogP contribution in [-0.4, -0.2) is 4.98 Å². The van der Waals surface area contributed by atoms with Crippen LogP contribution in [0.2, 0.25) is 5.02 Å². The maximum Gasteiger partial charge on any atom is 0.0802 e. The van der Waals surface area contributed by atoms with Gasteiger partial charge in [-0.05, 0) is 17.7 Å². The molecule has 2 nitrogen and oxygen atoms in total. The summed E-state index contributed by atoms with van der Waals surface area (Å²) in [5, 5.41) is 0.735. The van der Waals surface area contributed by atoms with E-state index in [0.717, 1.165) is 21.2 Å². The molecular formula is C10H9ClN2S. The Labute approximate surface area is 91.4 Å². The summed E-state index contributed by atoms with van der Waals surface area (Å²) in [5.74, 6) is 0. The molecule has 1 aromatic carbocycles. The molecule has 0 saturated heterocycles. The highest BCUT2D eigenvalue weighted by Crippen LogP contribution is 2.28. The first kappa shape index (κ1) is 9.65. The summed E-state index contributed by atoms with van der Waals surface area (Å²) in [4.78, 5) is 5.30. The topological polar surface area (TPSA) is 38.9 Å². The van der Waals surface area contributed by atoms with Crippen molar-refractivity contribution in [3.8, 4) is 10.4 Å². The molecule has 0 bridgehead atoms. The summed E-state index contributed by atoms with van der Waals surface area (Å²) in [6.45, 7) is 0.464. The molecule has 2 N–H and O–H groups in total. The lowest BCUT2D eigenvalue weighted by Crippen LogP contribution is -1.97. The summed E-state index contributed by atoms with van der Waals surface area (Å²) in [6.07, 6.45) is 0. The van der Waals surface area contributed by atoms with Gasteiger partial charge < -0.3 is 5.73 Å². The van der Waals surface area contributed by atoms with Crippen molar-refractivity contribution in [3.05, 3.63) is 40.5 Å². The minimum atomic E-state index is 0.464. The van der Waals surface area contributed by atoms with Crippen LogP contribution in [0.15, 0.2) is 29.8 Å². The monoisotopic (exact) mass is 224 g/mol. The number of halogens is 1. The molecule has 0 aliphatic rings. The van der Waals surface area contributed by atoms with E-state index >= 15 is 0 Å². The van der Waals surface area contributed by atoms with Gasteiger partial charge in [0.15, 0.2) is 0 Å². The minimum Gasteiger partial charge on any atom is -0.325 e.